The van der Waals surface area contributed by atoms with Crippen molar-refractivity contribution in [3.63, 3.8) is 0 Å². The molecule has 0 aromatic heterocycles. The Bertz CT molecular complexity index is 193. The number of ether oxygens (including phenoxy) is 1. The molecule has 15 heavy (non-hydrogen) atoms. The molecule has 0 aromatic carbocycles. The van der Waals surface area contributed by atoms with Crippen LogP contribution in [0.15, 0.2) is 0 Å². The van der Waals surface area contributed by atoms with Gasteiger partial charge in [-0.05, 0) is 13.3 Å². The Kier molecular flexibility index (Phi) is 7.65. The van der Waals surface area contributed by atoms with E-state index >= 15 is 0 Å². The predicted molar refractivity (Wildman–Crippen MR) is 57.8 cm³/mol. The van der Waals surface area contributed by atoms with Gasteiger partial charge in [0.15, 0.2) is 6.29 Å². The van der Waals surface area contributed by atoms with Crippen LogP contribution in [-0.4, -0.2) is 22.7 Å². The summed E-state index contributed by atoms with van der Waals surface area (Å²) in [5.41, 5.74) is 0. The lowest BCUT2D eigenvalue weighted by molar-refractivity contribution is -0.346. The first kappa shape index (κ1) is 15.3. The molecule has 0 aliphatic rings. The van der Waals surface area contributed by atoms with E-state index in [1.54, 1.807) is 6.92 Å². The maximum Gasteiger partial charge on any atom is 0.393 e. The monoisotopic (exact) mass is 278 g/mol. The van der Waals surface area contributed by atoms with Crippen LogP contribution >= 0.6 is 34.8 Å². The van der Waals surface area contributed by atoms with E-state index < -0.39 is 16.1 Å². The molecule has 4 nitrogen and oxygen atoms in total. The van der Waals surface area contributed by atoms with Crippen LogP contribution in [0.2, 0.25) is 0 Å². The number of hydrogen-bond donors (Lipinski definition) is 0. The normalized spacial score (nSPS) is 13.7. The Balaban J connectivity index is 3.62. The Labute approximate surface area is 104 Å². The smallest absolute Gasteiger partial charge is 0.349 e. The molecule has 0 fully saturated rings. The molecule has 7 heteroatoms. The van der Waals surface area contributed by atoms with Crippen molar-refractivity contribution in [1.29, 1.82) is 0 Å². The SMILES string of the molecule is CCCCOC(C)OOC(=O)C(Cl)(Cl)Cl. The standard InChI is InChI=1S/C8H13Cl3O4/c1-3-4-5-13-6(2)14-15-7(12)8(9,10)11/h6H,3-5H2,1-2H3. The predicted octanol–water partition coefficient (Wildman–Crippen LogP) is 2.99. The van der Waals surface area contributed by atoms with Gasteiger partial charge in [0.2, 0.25) is 0 Å². The maximum atomic E-state index is 10.9. The third kappa shape index (κ3) is 8.11. The second-order valence-electron chi connectivity index (χ2n) is 2.76. The number of halogens is 3. The molecule has 0 saturated carbocycles. The molecular formula is C8H13Cl3O4. The van der Waals surface area contributed by atoms with Gasteiger partial charge in [0.1, 0.15) is 0 Å². The van der Waals surface area contributed by atoms with Crippen LogP contribution in [0, 0.1) is 0 Å². The molecule has 0 aliphatic heterocycles. The number of unbranched alkanes of at least 4 members (excludes halogenated alkanes) is 1. The highest BCUT2D eigenvalue weighted by Crippen LogP contribution is 2.27. The van der Waals surface area contributed by atoms with Crippen LogP contribution in [0.25, 0.3) is 0 Å². The molecule has 1 unspecified atom stereocenters. The van der Waals surface area contributed by atoms with Gasteiger partial charge >= 0.3 is 5.97 Å². The number of carbonyl (C=O) groups excluding carboxylic acids is 1. The van der Waals surface area contributed by atoms with E-state index in [1.807, 2.05) is 6.92 Å². The average molecular weight is 280 g/mol. The summed E-state index contributed by atoms with van der Waals surface area (Å²) < 4.78 is 2.98. The summed E-state index contributed by atoms with van der Waals surface area (Å²) in [5, 5.41) is 0. The summed E-state index contributed by atoms with van der Waals surface area (Å²) in [6.45, 7) is 4.11. The van der Waals surface area contributed by atoms with Crippen LogP contribution in [0.1, 0.15) is 26.7 Å². The molecular weight excluding hydrogens is 266 g/mol. The van der Waals surface area contributed by atoms with Crippen molar-refractivity contribution < 1.29 is 19.3 Å². The Morgan fingerprint density at radius 3 is 2.47 bits per heavy atom. The average Bonchev–Trinajstić information content (AvgIpc) is 2.13. The van der Waals surface area contributed by atoms with Gasteiger partial charge in [-0.2, -0.15) is 4.89 Å². The Morgan fingerprint density at radius 2 is 2.00 bits per heavy atom. The van der Waals surface area contributed by atoms with Gasteiger partial charge in [-0.1, -0.05) is 48.1 Å². The van der Waals surface area contributed by atoms with Gasteiger partial charge in [0.05, 0.1) is 0 Å². The van der Waals surface area contributed by atoms with Gasteiger partial charge in [0, 0.05) is 6.61 Å². The molecule has 1 atom stereocenters. The number of alkyl halides is 3. The summed E-state index contributed by atoms with van der Waals surface area (Å²) in [5.74, 6) is -1.10. The summed E-state index contributed by atoms with van der Waals surface area (Å²) in [6, 6.07) is 0. The molecule has 0 amide bonds. The van der Waals surface area contributed by atoms with Crippen molar-refractivity contribution in [2.24, 2.45) is 0 Å². The second kappa shape index (κ2) is 7.52. The van der Waals surface area contributed by atoms with E-state index in [4.69, 9.17) is 39.5 Å². The molecule has 90 valence electrons. The van der Waals surface area contributed by atoms with Gasteiger partial charge < -0.3 is 4.74 Å². The third-order valence-electron chi connectivity index (χ3n) is 1.34. The van der Waals surface area contributed by atoms with Crippen molar-refractivity contribution in [3.05, 3.63) is 0 Å². The maximum absolute atomic E-state index is 10.9. The second-order valence-corrected chi connectivity index (χ2v) is 5.04. The minimum absolute atomic E-state index is 0.517. The fourth-order valence-corrected chi connectivity index (χ4v) is 0.675. The van der Waals surface area contributed by atoms with Gasteiger partial charge in [-0.25, -0.2) is 4.79 Å². The van der Waals surface area contributed by atoms with E-state index in [9.17, 15) is 4.79 Å². The highest BCUT2D eigenvalue weighted by Gasteiger charge is 2.34. The number of hydrogen-bond acceptors (Lipinski definition) is 4. The molecule has 0 rings (SSSR count). The van der Waals surface area contributed by atoms with Crippen molar-refractivity contribution >= 4 is 40.8 Å². The van der Waals surface area contributed by atoms with Crippen LogP contribution < -0.4 is 0 Å². The molecule has 0 heterocycles. The molecule has 0 bridgehead atoms. The van der Waals surface area contributed by atoms with Crippen molar-refractivity contribution in [1.82, 2.24) is 0 Å². The Morgan fingerprint density at radius 1 is 1.40 bits per heavy atom. The summed E-state index contributed by atoms with van der Waals surface area (Å²) >= 11 is 15.7. The van der Waals surface area contributed by atoms with Gasteiger partial charge in [-0.15, -0.1) is 0 Å². The van der Waals surface area contributed by atoms with Crippen LogP contribution in [0.4, 0.5) is 0 Å². The first-order valence-electron chi connectivity index (χ1n) is 4.44. The first-order valence-corrected chi connectivity index (χ1v) is 5.57. The summed E-state index contributed by atoms with van der Waals surface area (Å²) in [4.78, 5) is 19.7. The Hall–Kier alpha value is 0.260. The van der Waals surface area contributed by atoms with Gasteiger partial charge in [0.25, 0.3) is 3.79 Å². The van der Waals surface area contributed by atoms with Crippen LogP contribution in [-0.2, 0) is 19.3 Å². The number of carbonyl (C=O) groups is 1. The lowest BCUT2D eigenvalue weighted by Crippen LogP contribution is -2.25. The molecule has 0 saturated heterocycles. The number of rotatable bonds is 6. The van der Waals surface area contributed by atoms with E-state index in [-0.39, 0.29) is 0 Å². The van der Waals surface area contributed by atoms with E-state index in [1.165, 1.54) is 0 Å². The lowest BCUT2D eigenvalue weighted by Gasteiger charge is -2.14. The van der Waals surface area contributed by atoms with Crippen molar-refractivity contribution in [2.45, 2.75) is 36.8 Å². The largest absolute Gasteiger partial charge is 0.393 e. The molecule has 0 N–H and O–H groups in total. The summed E-state index contributed by atoms with van der Waals surface area (Å²) in [6.07, 6.45) is 1.21. The van der Waals surface area contributed by atoms with E-state index in [0.29, 0.717) is 6.61 Å². The van der Waals surface area contributed by atoms with Gasteiger partial charge in [-0.3, -0.25) is 4.89 Å². The molecule has 0 spiro atoms. The topological polar surface area (TPSA) is 44.8 Å². The fraction of sp³-hybridized carbons (Fsp3) is 0.875. The zero-order valence-electron chi connectivity index (χ0n) is 8.47. The minimum Gasteiger partial charge on any atom is -0.349 e. The summed E-state index contributed by atoms with van der Waals surface area (Å²) in [7, 11) is 0. The first-order chi connectivity index (χ1) is 6.88. The zero-order valence-corrected chi connectivity index (χ0v) is 10.7. The zero-order chi connectivity index (χ0) is 11.9. The minimum atomic E-state index is -2.14. The third-order valence-corrected chi connectivity index (χ3v) is 1.80. The lowest BCUT2D eigenvalue weighted by atomic mass is 10.4. The molecule has 0 aromatic rings. The molecule has 0 radical (unpaired) electrons. The quantitative estimate of drug-likeness (QED) is 0.246. The highest BCUT2D eigenvalue weighted by molar-refractivity contribution is 6.75. The van der Waals surface area contributed by atoms with E-state index in [2.05, 4.69) is 9.78 Å². The molecule has 0 aliphatic carbocycles. The van der Waals surface area contributed by atoms with Crippen molar-refractivity contribution in [3.8, 4) is 0 Å². The highest BCUT2D eigenvalue weighted by atomic mass is 35.6. The fourth-order valence-electron chi connectivity index (χ4n) is 0.580. The van der Waals surface area contributed by atoms with Crippen LogP contribution in [0.3, 0.4) is 0 Å². The van der Waals surface area contributed by atoms with Crippen LogP contribution in [0.5, 0.6) is 0 Å². The van der Waals surface area contributed by atoms with E-state index in [0.717, 1.165) is 12.8 Å². The van der Waals surface area contributed by atoms with Crippen molar-refractivity contribution in [2.75, 3.05) is 6.61 Å².